The zero-order chi connectivity index (χ0) is 22.7. The van der Waals surface area contributed by atoms with Crippen LogP contribution in [0.15, 0.2) is 46.9 Å². The standard InChI is InChI=1S/C22H28N8OS/c1-29-5-7-30(8-6-29)19-12-20(31-2)18(10-16(19)24)27-22(28-25)11-15(23)14-3-4-17-21(9-14)32-13-26-17/h3-4,9-13H,5-8,23-25H2,1-2H3,(H,27,28). The molecule has 1 aliphatic heterocycles. The Morgan fingerprint density at radius 1 is 1.22 bits per heavy atom. The molecule has 9 nitrogen and oxygen atoms in total. The highest BCUT2D eigenvalue weighted by atomic mass is 32.1. The molecule has 10 heteroatoms. The normalized spacial score (nSPS) is 15.9. The highest BCUT2D eigenvalue weighted by Crippen LogP contribution is 2.37. The summed E-state index contributed by atoms with van der Waals surface area (Å²) in [5.74, 6) is 6.73. The average molecular weight is 453 g/mol. The Labute approximate surface area is 191 Å². The van der Waals surface area contributed by atoms with Crippen LogP contribution in [0.5, 0.6) is 5.75 Å². The summed E-state index contributed by atoms with van der Waals surface area (Å²) in [6.07, 6.45) is 1.69. The number of nitrogens with two attached hydrogens (primary N) is 3. The van der Waals surface area contributed by atoms with Crippen LogP contribution in [0, 0.1) is 0 Å². The third-order valence-corrected chi connectivity index (χ3v) is 6.31. The first-order valence-electron chi connectivity index (χ1n) is 10.3. The van der Waals surface area contributed by atoms with Crippen molar-refractivity contribution in [2.24, 2.45) is 16.6 Å². The molecule has 0 amide bonds. The molecule has 168 valence electrons. The molecule has 0 unspecified atom stereocenters. The molecular weight excluding hydrogens is 424 g/mol. The van der Waals surface area contributed by atoms with Gasteiger partial charge in [-0.05, 0) is 30.8 Å². The fourth-order valence-electron chi connectivity index (χ4n) is 3.65. The minimum Gasteiger partial charge on any atom is -0.494 e. The van der Waals surface area contributed by atoms with Crippen LogP contribution < -0.4 is 32.4 Å². The lowest BCUT2D eigenvalue weighted by Crippen LogP contribution is -2.44. The van der Waals surface area contributed by atoms with Crippen LogP contribution in [0.4, 0.5) is 17.1 Å². The second-order valence-corrected chi connectivity index (χ2v) is 8.54. The van der Waals surface area contributed by atoms with Crippen molar-refractivity contribution in [1.82, 2.24) is 15.3 Å². The topological polar surface area (TPSA) is 131 Å². The van der Waals surface area contributed by atoms with E-state index in [9.17, 15) is 0 Å². The SMILES string of the molecule is COc1cc(N2CCN(C)CC2)c(N)cc1N=C(C=C(N)c1ccc2ncsc2c1)NN. The first-order chi connectivity index (χ1) is 15.5. The first kappa shape index (κ1) is 21.9. The van der Waals surface area contributed by atoms with E-state index in [0.29, 0.717) is 28.7 Å². The molecule has 1 fully saturated rings. The highest BCUT2D eigenvalue weighted by molar-refractivity contribution is 7.16. The van der Waals surface area contributed by atoms with Gasteiger partial charge in [0.05, 0.1) is 34.2 Å². The summed E-state index contributed by atoms with van der Waals surface area (Å²) in [5, 5.41) is 0. The van der Waals surface area contributed by atoms with Crippen molar-refractivity contribution in [2.75, 3.05) is 51.0 Å². The maximum atomic E-state index is 6.39. The molecule has 0 saturated carbocycles. The maximum absolute atomic E-state index is 6.39. The number of aromatic nitrogens is 1. The predicted molar refractivity (Wildman–Crippen MR) is 133 cm³/mol. The number of nitrogens with one attached hydrogen (secondary N) is 1. The first-order valence-corrected chi connectivity index (χ1v) is 11.1. The number of fused-ring (bicyclic) bond motifs is 1. The lowest BCUT2D eigenvalue weighted by Gasteiger charge is -2.34. The minimum absolute atomic E-state index is 0.386. The Kier molecular flexibility index (Phi) is 6.45. The van der Waals surface area contributed by atoms with Gasteiger partial charge in [-0.1, -0.05) is 6.07 Å². The Hall–Kier alpha value is -3.34. The number of methoxy groups -OCH3 is 1. The van der Waals surface area contributed by atoms with E-state index >= 15 is 0 Å². The largest absolute Gasteiger partial charge is 0.494 e. The third kappa shape index (κ3) is 4.62. The minimum atomic E-state index is 0.386. The fourth-order valence-corrected chi connectivity index (χ4v) is 4.36. The van der Waals surface area contributed by atoms with Crippen molar-refractivity contribution < 1.29 is 4.74 Å². The van der Waals surface area contributed by atoms with E-state index in [0.717, 1.165) is 47.6 Å². The molecule has 7 N–H and O–H groups in total. The molecule has 4 rings (SSSR count). The number of hydrogen-bond acceptors (Lipinski definition) is 9. The van der Waals surface area contributed by atoms with E-state index < -0.39 is 0 Å². The Bertz CT molecular complexity index is 1160. The predicted octanol–water partition coefficient (Wildman–Crippen LogP) is 2.13. The molecule has 0 spiro atoms. The molecule has 0 radical (unpaired) electrons. The smallest absolute Gasteiger partial charge is 0.146 e. The van der Waals surface area contributed by atoms with Gasteiger partial charge in [0, 0.05) is 44.0 Å². The second kappa shape index (κ2) is 9.43. The van der Waals surface area contributed by atoms with Gasteiger partial charge in [-0.25, -0.2) is 15.8 Å². The molecule has 0 bridgehead atoms. The number of benzene rings is 2. The maximum Gasteiger partial charge on any atom is 0.146 e. The third-order valence-electron chi connectivity index (χ3n) is 5.52. The van der Waals surface area contributed by atoms with Crippen molar-refractivity contribution in [2.45, 2.75) is 0 Å². The number of amidine groups is 1. The van der Waals surface area contributed by atoms with Crippen LogP contribution in [0.2, 0.25) is 0 Å². The van der Waals surface area contributed by atoms with Crippen LogP contribution in [-0.2, 0) is 0 Å². The second-order valence-electron chi connectivity index (χ2n) is 7.65. The van der Waals surface area contributed by atoms with E-state index in [4.69, 9.17) is 22.0 Å². The Balaban J connectivity index is 1.64. The molecule has 2 heterocycles. The summed E-state index contributed by atoms with van der Waals surface area (Å²) in [7, 11) is 3.73. The van der Waals surface area contributed by atoms with Gasteiger partial charge in [0.15, 0.2) is 0 Å². The Morgan fingerprint density at radius 3 is 2.72 bits per heavy atom. The highest BCUT2D eigenvalue weighted by Gasteiger charge is 2.19. The van der Waals surface area contributed by atoms with Crippen LogP contribution in [0.3, 0.4) is 0 Å². The van der Waals surface area contributed by atoms with Gasteiger partial charge < -0.3 is 31.4 Å². The average Bonchev–Trinajstić information content (AvgIpc) is 3.27. The fraction of sp³-hybridized carbons (Fsp3) is 0.273. The Morgan fingerprint density at radius 2 is 2.00 bits per heavy atom. The summed E-state index contributed by atoms with van der Waals surface area (Å²) in [5.41, 5.74) is 21.6. The number of hydrazine groups is 1. The number of nitrogens with zero attached hydrogens (tertiary/aromatic N) is 4. The van der Waals surface area contributed by atoms with Gasteiger partial charge in [0.1, 0.15) is 17.3 Å². The van der Waals surface area contributed by atoms with E-state index in [1.807, 2.05) is 29.8 Å². The number of ether oxygens (including phenoxy) is 1. The molecule has 32 heavy (non-hydrogen) atoms. The summed E-state index contributed by atoms with van der Waals surface area (Å²) < 4.78 is 6.66. The van der Waals surface area contributed by atoms with E-state index in [1.165, 1.54) is 0 Å². The summed E-state index contributed by atoms with van der Waals surface area (Å²) in [6, 6.07) is 9.59. The number of piperazine rings is 1. The molecule has 2 aromatic carbocycles. The van der Waals surface area contributed by atoms with Gasteiger partial charge >= 0.3 is 0 Å². The zero-order valence-electron chi connectivity index (χ0n) is 18.2. The molecular formula is C22H28N8OS. The van der Waals surface area contributed by atoms with Crippen molar-refractivity contribution in [3.63, 3.8) is 0 Å². The van der Waals surface area contributed by atoms with E-state index in [-0.39, 0.29) is 0 Å². The van der Waals surface area contributed by atoms with Gasteiger partial charge in [-0.3, -0.25) is 0 Å². The number of nitrogen functional groups attached to an aromatic ring is 1. The van der Waals surface area contributed by atoms with E-state index in [1.54, 1.807) is 30.6 Å². The van der Waals surface area contributed by atoms with Crippen molar-refractivity contribution in [1.29, 1.82) is 0 Å². The number of likely N-dealkylation sites (N-methyl/N-ethyl adjacent to an activating group) is 1. The lowest BCUT2D eigenvalue weighted by atomic mass is 10.1. The summed E-state index contributed by atoms with van der Waals surface area (Å²) >= 11 is 1.56. The number of thiazole rings is 1. The monoisotopic (exact) mass is 452 g/mol. The van der Waals surface area contributed by atoms with Crippen LogP contribution in [0.1, 0.15) is 5.56 Å². The summed E-state index contributed by atoms with van der Waals surface area (Å²) in [4.78, 5) is 13.5. The van der Waals surface area contributed by atoms with Crippen molar-refractivity contribution in [3.05, 3.63) is 47.5 Å². The van der Waals surface area contributed by atoms with Gasteiger partial charge in [-0.2, -0.15) is 0 Å². The van der Waals surface area contributed by atoms with Crippen LogP contribution in [-0.4, -0.2) is 56.1 Å². The van der Waals surface area contributed by atoms with Gasteiger partial charge in [0.25, 0.3) is 0 Å². The van der Waals surface area contributed by atoms with Crippen LogP contribution in [0.25, 0.3) is 15.9 Å². The summed E-state index contributed by atoms with van der Waals surface area (Å²) in [6.45, 7) is 3.79. The number of anilines is 2. The number of rotatable bonds is 5. The molecule has 0 atom stereocenters. The van der Waals surface area contributed by atoms with Gasteiger partial charge in [0.2, 0.25) is 0 Å². The molecule has 1 aliphatic rings. The molecule has 3 aromatic rings. The molecule has 0 aliphatic carbocycles. The quantitative estimate of drug-likeness (QED) is 0.152. The van der Waals surface area contributed by atoms with Crippen molar-refractivity contribution >= 4 is 50.1 Å². The number of aliphatic imine (C=N–C) groups is 1. The van der Waals surface area contributed by atoms with Crippen molar-refractivity contribution in [3.8, 4) is 5.75 Å². The van der Waals surface area contributed by atoms with E-state index in [2.05, 4.69) is 32.2 Å². The number of hydrogen-bond donors (Lipinski definition) is 4. The van der Waals surface area contributed by atoms with Crippen LogP contribution >= 0.6 is 11.3 Å². The molecule has 1 saturated heterocycles. The molecule has 1 aromatic heterocycles. The zero-order valence-corrected chi connectivity index (χ0v) is 19.0. The van der Waals surface area contributed by atoms with Gasteiger partial charge in [-0.15, -0.1) is 11.3 Å². The lowest BCUT2D eigenvalue weighted by molar-refractivity contribution is 0.313.